The molecule has 4 nitrogen and oxygen atoms in total. The third-order valence-electron chi connectivity index (χ3n) is 2.96. The molecule has 0 bridgehead atoms. The third kappa shape index (κ3) is 4.54. The van der Waals surface area contributed by atoms with Crippen LogP contribution >= 0.6 is 28.1 Å². The van der Waals surface area contributed by atoms with E-state index in [1.165, 1.54) is 0 Å². The number of anilines is 2. The van der Waals surface area contributed by atoms with Crippen LogP contribution in [-0.4, -0.2) is 25.1 Å². The van der Waals surface area contributed by atoms with Gasteiger partial charge in [-0.3, -0.25) is 10.1 Å². The molecule has 0 aromatic heterocycles. The maximum Gasteiger partial charge on any atom is 0.257 e. The molecule has 114 valence electrons. The van der Waals surface area contributed by atoms with Crippen LogP contribution in [0.4, 0.5) is 11.4 Å². The van der Waals surface area contributed by atoms with Crippen LogP contribution in [0.2, 0.25) is 0 Å². The summed E-state index contributed by atoms with van der Waals surface area (Å²) in [7, 11) is 3.95. The molecule has 22 heavy (non-hydrogen) atoms. The summed E-state index contributed by atoms with van der Waals surface area (Å²) in [6.45, 7) is 0. The van der Waals surface area contributed by atoms with Gasteiger partial charge in [-0.1, -0.05) is 22.0 Å². The second-order valence-electron chi connectivity index (χ2n) is 4.86. The second kappa shape index (κ2) is 7.38. The predicted molar refractivity (Wildman–Crippen MR) is 98.6 cm³/mol. The average Bonchev–Trinajstić information content (AvgIpc) is 2.47. The standard InChI is InChI=1S/C16H16BrN3OS/c1-20(2)14-8-6-13(7-9-14)18-16(22)19-15(21)11-4-3-5-12(17)10-11/h3-10H,1-2H3,(H2,18,19,21,22). The number of rotatable bonds is 3. The normalized spacial score (nSPS) is 9.95. The first-order valence-electron chi connectivity index (χ1n) is 6.61. The number of hydrogen-bond acceptors (Lipinski definition) is 3. The van der Waals surface area contributed by atoms with Gasteiger partial charge in [0, 0.05) is 35.5 Å². The van der Waals surface area contributed by atoms with Crippen molar-refractivity contribution in [3.05, 3.63) is 58.6 Å². The molecule has 1 amide bonds. The summed E-state index contributed by atoms with van der Waals surface area (Å²) < 4.78 is 0.846. The highest BCUT2D eigenvalue weighted by Gasteiger charge is 2.08. The third-order valence-corrected chi connectivity index (χ3v) is 3.65. The van der Waals surface area contributed by atoms with Crippen LogP contribution in [0.25, 0.3) is 0 Å². The molecule has 0 radical (unpaired) electrons. The molecule has 0 saturated carbocycles. The zero-order valence-corrected chi connectivity index (χ0v) is 14.7. The lowest BCUT2D eigenvalue weighted by molar-refractivity contribution is 0.0977. The van der Waals surface area contributed by atoms with Crippen molar-refractivity contribution in [2.45, 2.75) is 0 Å². The van der Waals surface area contributed by atoms with Crippen molar-refractivity contribution < 1.29 is 4.79 Å². The highest BCUT2D eigenvalue weighted by molar-refractivity contribution is 9.10. The molecule has 0 unspecified atom stereocenters. The van der Waals surface area contributed by atoms with E-state index in [4.69, 9.17) is 12.2 Å². The fourth-order valence-electron chi connectivity index (χ4n) is 1.81. The first-order chi connectivity index (χ1) is 10.5. The molecule has 0 aliphatic heterocycles. The predicted octanol–water partition coefficient (Wildman–Crippen LogP) is 3.64. The Balaban J connectivity index is 1.96. The molecule has 0 atom stereocenters. The van der Waals surface area contributed by atoms with Gasteiger partial charge in [-0.2, -0.15) is 0 Å². The van der Waals surface area contributed by atoms with Gasteiger partial charge in [-0.05, 0) is 54.7 Å². The minimum absolute atomic E-state index is 0.247. The van der Waals surface area contributed by atoms with Crippen LogP contribution in [0.3, 0.4) is 0 Å². The molecule has 2 aromatic rings. The number of nitrogens with zero attached hydrogens (tertiary/aromatic N) is 1. The van der Waals surface area contributed by atoms with E-state index in [2.05, 4.69) is 26.6 Å². The number of halogens is 1. The number of benzene rings is 2. The number of amides is 1. The van der Waals surface area contributed by atoms with Crippen LogP contribution in [0.1, 0.15) is 10.4 Å². The van der Waals surface area contributed by atoms with Crippen LogP contribution in [0, 0.1) is 0 Å². The molecule has 2 N–H and O–H groups in total. The average molecular weight is 378 g/mol. The van der Waals surface area contributed by atoms with E-state index in [0.717, 1.165) is 15.8 Å². The van der Waals surface area contributed by atoms with Crippen molar-refractivity contribution in [2.24, 2.45) is 0 Å². The molecule has 0 heterocycles. The van der Waals surface area contributed by atoms with Crippen LogP contribution < -0.4 is 15.5 Å². The zero-order valence-electron chi connectivity index (χ0n) is 12.3. The summed E-state index contributed by atoms with van der Waals surface area (Å²) in [5, 5.41) is 5.92. The van der Waals surface area contributed by atoms with E-state index in [1.54, 1.807) is 18.2 Å². The maximum absolute atomic E-state index is 12.1. The molecule has 0 spiro atoms. The Hall–Kier alpha value is -1.92. The smallest absolute Gasteiger partial charge is 0.257 e. The lowest BCUT2D eigenvalue weighted by Crippen LogP contribution is -2.34. The minimum atomic E-state index is -0.247. The number of carbonyl (C=O) groups excluding carboxylic acids is 1. The first kappa shape index (κ1) is 16.5. The number of nitrogens with one attached hydrogen (secondary N) is 2. The quantitative estimate of drug-likeness (QED) is 0.801. The van der Waals surface area contributed by atoms with E-state index in [1.807, 2.05) is 49.3 Å². The Kier molecular flexibility index (Phi) is 5.51. The van der Waals surface area contributed by atoms with E-state index in [-0.39, 0.29) is 11.0 Å². The summed E-state index contributed by atoms with van der Waals surface area (Å²) in [6.07, 6.45) is 0. The molecule has 2 aromatic carbocycles. The number of carbonyl (C=O) groups is 1. The van der Waals surface area contributed by atoms with E-state index >= 15 is 0 Å². The lowest BCUT2D eigenvalue weighted by atomic mass is 10.2. The molecule has 0 aliphatic carbocycles. The van der Waals surface area contributed by atoms with Gasteiger partial charge in [0.25, 0.3) is 5.91 Å². The van der Waals surface area contributed by atoms with Crippen molar-refractivity contribution in [1.82, 2.24) is 5.32 Å². The number of hydrogen-bond donors (Lipinski definition) is 2. The maximum atomic E-state index is 12.1. The van der Waals surface area contributed by atoms with Gasteiger partial charge in [0.1, 0.15) is 0 Å². The van der Waals surface area contributed by atoms with Gasteiger partial charge < -0.3 is 10.2 Å². The SMILES string of the molecule is CN(C)c1ccc(NC(=S)NC(=O)c2cccc(Br)c2)cc1. The molecule has 2 rings (SSSR count). The Labute approximate surface area is 143 Å². The van der Waals surface area contributed by atoms with Crippen molar-refractivity contribution in [3.8, 4) is 0 Å². The summed E-state index contributed by atoms with van der Waals surface area (Å²) in [6, 6.07) is 14.9. The topological polar surface area (TPSA) is 44.4 Å². The van der Waals surface area contributed by atoms with Crippen molar-refractivity contribution in [3.63, 3.8) is 0 Å². The minimum Gasteiger partial charge on any atom is -0.378 e. The van der Waals surface area contributed by atoms with Crippen LogP contribution in [0.5, 0.6) is 0 Å². The van der Waals surface area contributed by atoms with Crippen molar-refractivity contribution in [1.29, 1.82) is 0 Å². The molecule has 0 aliphatic rings. The van der Waals surface area contributed by atoms with Crippen molar-refractivity contribution in [2.75, 3.05) is 24.3 Å². The molecule has 6 heteroatoms. The highest BCUT2D eigenvalue weighted by Crippen LogP contribution is 2.15. The number of thiocarbonyl (C=S) groups is 1. The van der Waals surface area contributed by atoms with Crippen molar-refractivity contribution >= 4 is 50.5 Å². The second-order valence-corrected chi connectivity index (χ2v) is 6.18. The van der Waals surface area contributed by atoms with E-state index in [9.17, 15) is 4.79 Å². The monoisotopic (exact) mass is 377 g/mol. The van der Waals surface area contributed by atoms with Gasteiger partial charge >= 0.3 is 0 Å². The summed E-state index contributed by atoms with van der Waals surface area (Å²) in [4.78, 5) is 14.1. The first-order valence-corrected chi connectivity index (χ1v) is 7.81. The van der Waals surface area contributed by atoms with Crippen LogP contribution in [0.15, 0.2) is 53.0 Å². The lowest BCUT2D eigenvalue weighted by Gasteiger charge is -2.14. The molecule has 0 saturated heterocycles. The Morgan fingerprint density at radius 2 is 1.82 bits per heavy atom. The van der Waals surface area contributed by atoms with Gasteiger partial charge in [0.15, 0.2) is 5.11 Å². The largest absolute Gasteiger partial charge is 0.378 e. The zero-order chi connectivity index (χ0) is 16.1. The van der Waals surface area contributed by atoms with Gasteiger partial charge in [-0.25, -0.2) is 0 Å². The van der Waals surface area contributed by atoms with Gasteiger partial charge in [-0.15, -0.1) is 0 Å². The summed E-state index contributed by atoms with van der Waals surface area (Å²) in [5.41, 5.74) is 2.46. The summed E-state index contributed by atoms with van der Waals surface area (Å²) >= 11 is 8.50. The van der Waals surface area contributed by atoms with Gasteiger partial charge in [0.05, 0.1) is 0 Å². The Morgan fingerprint density at radius 3 is 2.41 bits per heavy atom. The molecule has 0 fully saturated rings. The highest BCUT2D eigenvalue weighted by atomic mass is 79.9. The Bertz CT molecular complexity index is 686. The fraction of sp³-hybridized carbons (Fsp3) is 0.125. The van der Waals surface area contributed by atoms with E-state index < -0.39 is 0 Å². The molecular weight excluding hydrogens is 362 g/mol. The molecular formula is C16H16BrN3OS. The summed E-state index contributed by atoms with van der Waals surface area (Å²) in [5.74, 6) is -0.247. The van der Waals surface area contributed by atoms with E-state index in [0.29, 0.717) is 5.56 Å². The van der Waals surface area contributed by atoms with Gasteiger partial charge in [0.2, 0.25) is 0 Å². The van der Waals surface area contributed by atoms with Crippen LogP contribution in [-0.2, 0) is 0 Å². The Morgan fingerprint density at radius 1 is 1.14 bits per heavy atom. The fourth-order valence-corrected chi connectivity index (χ4v) is 2.42.